The van der Waals surface area contributed by atoms with Crippen LogP contribution < -0.4 is 0 Å². The minimum Gasteiger partial charge on any atom is -0.462 e. The van der Waals surface area contributed by atoms with Crippen molar-refractivity contribution in [3.05, 3.63) is 36.5 Å². The fourth-order valence-electron chi connectivity index (χ4n) is 6.74. The molecule has 0 aliphatic rings. The van der Waals surface area contributed by atoms with Crippen LogP contribution in [0.2, 0.25) is 0 Å². The van der Waals surface area contributed by atoms with Gasteiger partial charge >= 0.3 is 17.9 Å². The summed E-state index contributed by atoms with van der Waals surface area (Å²) in [6.07, 6.45) is 51.2. The lowest BCUT2D eigenvalue weighted by molar-refractivity contribution is -0.167. The van der Waals surface area contributed by atoms with Crippen molar-refractivity contribution in [2.75, 3.05) is 13.2 Å². The molecule has 0 aromatic heterocycles. The van der Waals surface area contributed by atoms with Crippen LogP contribution >= 0.6 is 0 Å². The first-order valence-corrected chi connectivity index (χ1v) is 24.0. The van der Waals surface area contributed by atoms with Crippen LogP contribution in [0.15, 0.2) is 36.5 Å². The number of hydrogen-bond acceptors (Lipinski definition) is 6. The number of esters is 3. The topological polar surface area (TPSA) is 78.9 Å². The van der Waals surface area contributed by atoms with Crippen molar-refractivity contribution < 1.29 is 28.6 Å². The maximum Gasteiger partial charge on any atom is 0.306 e. The van der Waals surface area contributed by atoms with Crippen LogP contribution in [0.4, 0.5) is 0 Å². The molecule has 0 radical (unpaired) electrons. The van der Waals surface area contributed by atoms with Crippen LogP contribution in [0.3, 0.4) is 0 Å². The third kappa shape index (κ3) is 42.8. The molecular weight excluding hydrogens is 697 g/mol. The monoisotopic (exact) mass is 787 g/mol. The molecule has 1 atom stereocenters. The summed E-state index contributed by atoms with van der Waals surface area (Å²) in [6, 6.07) is 0. The molecule has 0 N–H and O–H groups in total. The van der Waals surface area contributed by atoms with Crippen molar-refractivity contribution in [2.24, 2.45) is 0 Å². The molecule has 0 unspecified atom stereocenters. The normalized spacial score (nSPS) is 12.3. The summed E-state index contributed by atoms with van der Waals surface area (Å²) >= 11 is 0. The summed E-state index contributed by atoms with van der Waals surface area (Å²) in [4.78, 5) is 37.8. The third-order valence-corrected chi connectivity index (χ3v) is 10.4. The Kier molecular flexibility index (Phi) is 43.4. The van der Waals surface area contributed by atoms with E-state index in [1.807, 2.05) is 0 Å². The Hall–Kier alpha value is -2.37. The lowest BCUT2D eigenvalue weighted by Gasteiger charge is -2.18. The van der Waals surface area contributed by atoms with Gasteiger partial charge in [0.2, 0.25) is 0 Å². The Labute approximate surface area is 346 Å². The van der Waals surface area contributed by atoms with E-state index in [1.165, 1.54) is 135 Å². The zero-order valence-electron chi connectivity index (χ0n) is 37.2. The number of hydrogen-bond donors (Lipinski definition) is 0. The summed E-state index contributed by atoms with van der Waals surface area (Å²) in [5, 5.41) is 0. The van der Waals surface area contributed by atoms with Gasteiger partial charge in [0, 0.05) is 19.3 Å². The highest BCUT2D eigenvalue weighted by Crippen LogP contribution is 2.15. The van der Waals surface area contributed by atoms with Crippen molar-refractivity contribution in [1.29, 1.82) is 0 Å². The summed E-state index contributed by atoms with van der Waals surface area (Å²) in [6.45, 7) is 6.57. The van der Waals surface area contributed by atoms with Gasteiger partial charge < -0.3 is 14.2 Å². The van der Waals surface area contributed by atoms with Gasteiger partial charge in [-0.2, -0.15) is 0 Å². The molecule has 0 spiro atoms. The highest BCUT2D eigenvalue weighted by atomic mass is 16.6. The largest absolute Gasteiger partial charge is 0.462 e. The van der Waals surface area contributed by atoms with Gasteiger partial charge in [0.15, 0.2) is 6.10 Å². The van der Waals surface area contributed by atoms with Crippen molar-refractivity contribution in [3.8, 4) is 0 Å². The molecule has 0 rings (SSSR count). The van der Waals surface area contributed by atoms with Crippen LogP contribution in [-0.2, 0) is 28.6 Å². The zero-order chi connectivity index (χ0) is 40.8. The van der Waals surface area contributed by atoms with E-state index in [4.69, 9.17) is 14.2 Å². The van der Waals surface area contributed by atoms with Crippen molar-refractivity contribution in [2.45, 2.75) is 252 Å². The van der Waals surface area contributed by atoms with E-state index in [-0.39, 0.29) is 31.1 Å². The average molecular weight is 787 g/mol. The van der Waals surface area contributed by atoms with Gasteiger partial charge in [-0.3, -0.25) is 14.4 Å². The summed E-state index contributed by atoms with van der Waals surface area (Å²) in [5.74, 6) is -0.916. The molecule has 0 aromatic rings. The lowest BCUT2D eigenvalue weighted by atomic mass is 10.0. The average Bonchev–Trinajstić information content (AvgIpc) is 3.19. The maximum absolute atomic E-state index is 12.7. The minimum absolute atomic E-state index is 0.0807. The van der Waals surface area contributed by atoms with Gasteiger partial charge in [0.25, 0.3) is 0 Å². The van der Waals surface area contributed by atoms with Gasteiger partial charge in [-0.25, -0.2) is 0 Å². The highest BCUT2D eigenvalue weighted by molar-refractivity contribution is 5.71. The second-order valence-electron chi connectivity index (χ2n) is 16.0. The van der Waals surface area contributed by atoms with Gasteiger partial charge in [-0.15, -0.1) is 0 Å². The Morgan fingerprint density at radius 3 is 1.04 bits per heavy atom. The first-order valence-electron chi connectivity index (χ1n) is 24.0. The van der Waals surface area contributed by atoms with Crippen LogP contribution in [0.25, 0.3) is 0 Å². The molecule has 0 amide bonds. The van der Waals surface area contributed by atoms with E-state index in [2.05, 4.69) is 57.2 Å². The lowest BCUT2D eigenvalue weighted by Crippen LogP contribution is -2.30. The first-order chi connectivity index (χ1) is 27.5. The number of rotatable bonds is 43. The van der Waals surface area contributed by atoms with Crippen molar-refractivity contribution in [1.82, 2.24) is 0 Å². The second kappa shape index (κ2) is 45.3. The minimum atomic E-state index is -0.780. The summed E-state index contributed by atoms with van der Waals surface area (Å²) < 4.78 is 16.7. The highest BCUT2D eigenvalue weighted by Gasteiger charge is 2.19. The molecule has 0 bridgehead atoms. The van der Waals surface area contributed by atoms with Gasteiger partial charge in [-0.1, -0.05) is 205 Å². The van der Waals surface area contributed by atoms with E-state index in [9.17, 15) is 14.4 Å². The molecular formula is C50H90O6. The predicted molar refractivity (Wildman–Crippen MR) is 238 cm³/mol. The molecule has 0 fully saturated rings. The van der Waals surface area contributed by atoms with Gasteiger partial charge in [0.1, 0.15) is 13.2 Å². The SMILES string of the molecule is CCCCC/C=C\C/C=C\C/C=C\CCCCC(=O)OC[C@@H](COC(=O)CCCCCCCCCCCC)OC(=O)CCCCCCCCCCCCCCC. The van der Waals surface area contributed by atoms with E-state index in [0.29, 0.717) is 19.3 Å². The standard InChI is InChI=1S/C50H90O6/c1-4-7-10-13-16-19-22-24-25-27-28-31-34-37-40-43-49(52)55-46-47(45-54-48(51)42-39-36-33-30-21-18-15-12-9-6-3)56-50(53)44-41-38-35-32-29-26-23-20-17-14-11-8-5-2/h16,19,24-25,28,31,47H,4-15,17-18,20-23,26-27,29-30,32-46H2,1-3H3/b19-16-,25-24-,31-28-/t47-/m1/s1. The molecule has 0 saturated heterocycles. The van der Waals surface area contributed by atoms with Gasteiger partial charge in [0.05, 0.1) is 0 Å². The molecule has 0 heterocycles. The van der Waals surface area contributed by atoms with Crippen LogP contribution in [0.1, 0.15) is 245 Å². The van der Waals surface area contributed by atoms with Crippen LogP contribution in [-0.4, -0.2) is 37.2 Å². The van der Waals surface area contributed by atoms with E-state index in [1.54, 1.807) is 0 Å². The molecule has 6 heteroatoms. The number of carbonyl (C=O) groups excluding carboxylic acids is 3. The summed E-state index contributed by atoms with van der Waals surface area (Å²) in [5.41, 5.74) is 0. The Morgan fingerprint density at radius 2 is 0.643 bits per heavy atom. The van der Waals surface area contributed by atoms with Gasteiger partial charge in [-0.05, 0) is 57.8 Å². The molecule has 326 valence electrons. The quantitative estimate of drug-likeness (QED) is 0.0265. The number of ether oxygens (including phenoxy) is 3. The Bertz CT molecular complexity index is 953. The second-order valence-corrected chi connectivity index (χ2v) is 16.0. The fourth-order valence-corrected chi connectivity index (χ4v) is 6.74. The Morgan fingerprint density at radius 1 is 0.357 bits per heavy atom. The molecule has 0 aliphatic heterocycles. The smallest absolute Gasteiger partial charge is 0.306 e. The van der Waals surface area contributed by atoms with E-state index >= 15 is 0 Å². The Balaban J connectivity index is 4.40. The molecule has 56 heavy (non-hydrogen) atoms. The number of unbranched alkanes of at least 4 members (excludes halogenated alkanes) is 26. The van der Waals surface area contributed by atoms with Crippen LogP contribution in [0, 0.1) is 0 Å². The van der Waals surface area contributed by atoms with Crippen LogP contribution in [0.5, 0.6) is 0 Å². The molecule has 0 saturated carbocycles. The van der Waals surface area contributed by atoms with Crippen molar-refractivity contribution in [3.63, 3.8) is 0 Å². The third-order valence-electron chi connectivity index (χ3n) is 10.4. The number of allylic oxidation sites excluding steroid dienone is 6. The molecule has 0 aromatic carbocycles. The molecule has 6 nitrogen and oxygen atoms in total. The van der Waals surface area contributed by atoms with E-state index in [0.717, 1.165) is 70.6 Å². The van der Waals surface area contributed by atoms with Crippen molar-refractivity contribution >= 4 is 17.9 Å². The fraction of sp³-hybridized carbons (Fsp3) is 0.820. The summed E-state index contributed by atoms with van der Waals surface area (Å²) in [7, 11) is 0. The zero-order valence-corrected chi connectivity index (χ0v) is 37.2. The predicted octanol–water partition coefficient (Wildman–Crippen LogP) is 15.4. The number of carbonyl (C=O) groups is 3. The van der Waals surface area contributed by atoms with E-state index < -0.39 is 6.10 Å². The first kappa shape index (κ1) is 53.6. The maximum atomic E-state index is 12.7. The molecule has 0 aliphatic carbocycles.